The average molecular weight is 1170 g/mol. The number of nitrogens with zero attached hydrogens (tertiary/aromatic N) is 8. The molecule has 10 aromatic carbocycles. The molecule has 0 saturated heterocycles. The van der Waals surface area contributed by atoms with Gasteiger partial charge in [0.05, 0.1) is 22.8 Å². The Bertz CT molecular complexity index is 4850. The van der Waals surface area contributed by atoms with E-state index in [9.17, 15) is 0 Å². The van der Waals surface area contributed by atoms with Crippen LogP contribution in [0.25, 0.3) is 88.6 Å². The third kappa shape index (κ3) is 12.1. The molecule has 8 nitrogen and oxygen atoms in total. The van der Waals surface area contributed by atoms with Gasteiger partial charge in [0.2, 0.25) is 0 Å². The highest BCUT2D eigenvalue weighted by atomic mass is 15.1. The zero-order valence-corrected chi connectivity index (χ0v) is 50.1. The Morgan fingerprint density at radius 3 is 1.31 bits per heavy atom. The minimum Gasteiger partial charge on any atom is -0.310 e. The summed E-state index contributed by atoms with van der Waals surface area (Å²) in [5.74, 6) is 0.909. The van der Waals surface area contributed by atoms with E-state index in [0.29, 0.717) is 6.42 Å². The van der Waals surface area contributed by atoms with Crippen molar-refractivity contribution in [2.24, 2.45) is 4.99 Å². The zero-order valence-electron chi connectivity index (χ0n) is 50.1. The average Bonchev–Trinajstić information content (AvgIpc) is 1.15. The van der Waals surface area contributed by atoms with Crippen LogP contribution in [0.5, 0.6) is 0 Å². The molecule has 15 rings (SSSR count). The van der Waals surface area contributed by atoms with Crippen molar-refractivity contribution < 1.29 is 0 Å². The second-order valence-electron chi connectivity index (χ2n) is 23.1. The monoisotopic (exact) mass is 1170 g/mol. The van der Waals surface area contributed by atoms with Gasteiger partial charge in [-0.15, -0.1) is 0 Å². The summed E-state index contributed by atoms with van der Waals surface area (Å²) in [7, 11) is 0. The molecular formula is C83H62N8. The van der Waals surface area contributed by atoms with Gasteiger partial charge in [0.25, 0.3) is 0 Å². The molecule has 1 unspecified atom stereocenters. The highest BCUT2D eigenvalue weighted by Crippen LogP contribution is 2.43. The van der Waals surface area contributed by atoms with Crippen LogP contribution in [0.3, 0.4) is 0 Å². The molecule has 1 atom stereocenters. The number of pyridine rings is 3. The van der Waals surface area contributed by atoms with Crippen LogP contribution in [0.2, 0.25) is 0 Å². The Labute approximate surface area is 530 Å². The lowest BCUT2D eigenvalue weighted by molar-refractivity contribution is 0.773. The fourth-order valence-electron chi connectivity index (χ4n) is 12.6. The first kappa shape index (κ1) is 55.8. The molecule has 1 aliphatic rings. The topological polar surface area (TPSA) is 83.3 Å². The Hall–Kier alpha value is -11.7. The predicted molar refractivity (Wildman–Crippen MR) is 376 cm³/mol. The van der Waals surface area contributed by atoms with Crippen LogP contribution in [0.4, 0.5) is 34.1 Å². The fourth-order valence-corrected chi connectivity index (χ4v) is 12.6. The zero-order chi connectivity index (χ0) is 60.7. The minimum absolute atomic E-state index is 0.126. The Balaban J connectivity index is 0.741. The van der Waals surface area contributed by atoms with Crippen LogP contribution in [0.15, 0.2) is 321 Å². The van der Waals surface area contributed by atoms with E-state index in [1.807, 2.05) is 67.8 Å². The summed E-state index contributed by atoms with van der Waals surface area (Å²) < 4.78 is 0. The number of hydrogen-bond acceptors (Lipinski definition) is 8. The summed E-state index contributed by atoms with van der Waals surface area (Å²) in [4.78, 5) is 33.7. The maximum absolute atomic E-state index is 5.44. The van der Waals surface area contributed by atoms with Crippen LogP contribution < -0.4 is 9.80 Å². The normalized spacial score (nSPS) is 12.7. The van der Waals surface area contributed by atoms with E-state index in [2.05, 4.69) is 285 Å². The van der Waals surface area contributed by atoms with Gasteiger partial charge in [0.15, 0.2) is 0 Å². The van der Waals surface area contributed by atoms with E-state index in [1.165, 1.54) is 32.7 Å². The van der Waals surface area contributed by atoms with Crippen molar-refractivity contribution >= 4 is 61.9 Å². The lowest BCUT2D eigenvalue weighted by Gasteiger charge is -2.27. The lowest BCUT2D eigenvalue weighted by atomic mass is 9.90. The van der Waals surface area contributed by atoms with Gasteiger partial charge in [-0.25, -0.2) is 9.97 Å². The molecule has 434 valence electrons. The third-order valence-corrected chi connectivity index (χ3v) is 17.2. The van der Waals surface area contributed by atoms with Crippen molar-refractivity contribution in [1.29, 1.82) is 0 Å². The first-order valence-corrected chi connectivity index (χ1v) is 31.1. The molecule has 5 heterocycles. The number of fused-ring (bicyclic) bond motifs is 2. The van der Waals surface area contributed by atoms with E-state index in [1.54, 1.807) is 0 Å². The Morgan fingerprint density at radius 1 is 0.352 bits per heavy atom. The number of hydrogen-bond donors (Lipinski definition) is 0. The largest absolute Gasteiger partial charge is 0.310 e. The van der Waals surface area contributed by atoms with Crippen molar-refractivity contribution in [3.63, 3.8) is 0 Å². The van der Waals surface area contributed by atoms with Gasteiger partial charge in [0, 0.05) is 123 Å². The van der Waals surface area contributed by atoms with Crippen LogP contribution in [-0.4, -0.2) is 31.1 Å². The van der Waals surface area contributed by atoms with Crippen LogP contribution >= 0.6 is 0 Å². The number of aryl methyl sites for hydroxylation is 2. The number of benzene rings is 10. The van der Waals surface area contributed by atoms with Gasteiger partial charge in [0.1, 0.15) is 5.82 Å². The van der Waals surface area contributed by atoms with Gasteiger partial charge in [-0.1, -0.05) is 158 Å². The van der Waals surface area contributed by atoms with E-state index in [0.717, 1.165) is 126 Å². The van der Waals surface area contributed by atoms with E-state index < -0.39 is 0 Å². The molecule has 0 N–H and O–H groups in total. The molecule has 91 heavy (non-hydrogen) atoms. The molecule has 0 fully saturated rings. The van der Waals surface area contributed by atoms with Gasteiger partial charge in [-0.05, 0) is 184 Å². The second-order valence-corrected chi connectivity index (χ2v) is 23.1. The molecule has 0 spiro atoms. The van der Waals surface area contributed by atoms with E-state index >= 15 is 0 Å². The second kappa shape index (κ2) is 25.5. The lowest BCUT2D eigenvalue weighted by Crippen LogP contribution is -2.10. The molecule has 4 aromatic heterocycles. The van der Waals surface area contributed by atoms with E-state index in [-0.39, 0.29) is 5.92 Å². The SMILES string of the molecule is C1=CN=CC(c2cc(-c3cccnc3)cc(-c3cc(-c4cc(-c5cccnc5)cc(-c5cccnc5)c4)nc(CCCc4ccc(N(c5ccc(-c6ccc(N(c7ccccc7)c7cccc8ccccc78)cc6)cc5)c5cccc6ccccc56)cc4)n3)c2)C1. The van der Waals surface area contributed by atoms with Crippen LogP contribution in [0.1, 0.15) is 35.7 Å². The van der Waals surface area contributed by atoms with Crippen molar-refractivity contribution in [2.45, 2.75) is 31.6 Å². The molecule has 0 saturated carbocycles. The van der Waals surface area contributed by atoms with Gasteiger partial charge >= 0.3 is 0 Å². The van der Waals surface area contributed by atoms with Crippen LogP contribution in [0, 0.1) is 0 Å². The van der Waals surface area contributed by atoms with Gasteiger partial charge in [-0.3, -0.25) is 19.9 Å². The Morgan fingerprint density at radius 2 is 0.802 bits per heavy atom. The summed E-state index contributed by atoms with van der Waals surface area (Å²) in [5.41, 5.74) is 21.3. The number of anilines is 6. The molecule has 1 aliphatic heterocycles. The molecular weight excluding hydrogens is 1110 g/mol. The highest BCUT2D eigenvalue weighted by molar-refractivity contribution is 6.00. The van der Waals surface area contributed by atoms with Crippen LogP contribution in [-0.2, 0) is 12.8 Å². The first-order valence-electron chi connectivity index (χ1n) is 31.1. The number of para-hydroxylation sites is 1. The van der Waals surface area contributed by atoms with Crippen molar-refractivity contribution in [2.75, 3.05) is 9.80 Å². The first-order chi connectivity index (χ1) is 45.1. The predicted octanol–water partition coefficient (Wildman–Crippen LogP) is 21.2. The fraction of sp³-hybridized carbons (Fsp3) is 0.0602. The maximum atomic E-state index is 5.44. The summed E-state index contributed by atoms with van der Waals surface area (Å²) in [6.45, 7) is 0. The highest BCUT2D eigenvalue weighted by Gasteiger charge is 2.21. The Kier molecular flexibility index (Phi) is 15.7. The van der Waals surface area contributed by atoms with Crippen molar-refractivity contribution in [3.05, 3.63) is 333 Å². The summed E-state index contributed by atoms with van der Waals surface area (Å²) in [5, 5.41) is 4.78. The molecule has 8 heteroatoms. The van der Waals surface area contributed by atoms with E-state index in [4.69, 9.17) is 9.97 Å². The summed E-state index contributed by atoms with van der Waals surface area (Å²) >= 11 is 0. The molecule has 14 aromatic rings. The smallest absolute Gasteiger partial charge is 0.129 e. The quantitative estimate of drug-likeness (QED) is 0.0898. The number of aromatic nitrogens is 5. The minimum atomic E-state index is 0.126. The summed E-state index contributed by atoms with van der Waals surface area (Å²) in [6, 6.07) is 95.9. The van der Waals surface area contributed by atoms with Crippen molar-refractivity contribution in [1.82, 2.24) is 24.9 Å². The van der Waals surface area contributed by atoms with Gasteiger partial charge < -0.3 is 9.80 Å². The third-order valence-electron chi connectivity index (χ3n) is 17.2. The number of aliphatic imine (C=N–C) groups is 1. The van der Waals surface area contributed by atoms with Gasteiger partial charge in [-0.2, -0.15) is 0 Å². The molecule has 0 radical (unpaired) electrons. The molecule has 0 aliphatic carbocycles. The summed E-state index contributed by atoms with van der Waals surface area (Å²) in [6.07, 6.45) is 20.5. The molecule has 0 amide bonds. The van der Waals surface area contributed by atoms with Crippen molar-refractivity contribution in [3.8, 4) is 67.0 Å². The number of rotatable bonds is 17. The molecule has 0 bridgehead atoms. The standard InChI is InChI=1S/C83H62N8/c1-2-24-73(25-3-1)90(81-28-9-18-61-16-4-6-26-77(61)81)75-39-33-59(34-40-75)60-35-41-76(42-36-60)91(82-29-10-19-62-17-5-7-27-78(62)82)74-37-31-58(32-38-74)15-8-30-83-88-79(71-49-67(63-20-11-43-84-54-63)47-68(50-71)64-21-12-44-85-55-64)53-80(89-83)72-51-69(65-22-13-45-86-56-65)48-70(52-72)66-23-14-46-87-57-66/h1-7,9-14,16-22,24-29,31-57,66H,8,15,23,30H2. The maximum Gasteiger partial charge on any atom is 0.129 e. The number of allylic oxidation sites excluding steroid dienone is 1.